The molecule has 1 aromatic rings. The Labute approximate surface area is 359 Å². The summed E-state index contributed by atoms with van der Waals surface area (Å²) in [5.74, 6) is -6.93. The lowest BCUT2D eigenvalue weighted by molar-refractivity contribution is -0.328. The highest BCUT2D eigenvalue weighted by atomic mass is 16.7. The number of benzene rings is 1. The molecule has 0 N–H and O–H groups in total. The summed E-state index contributed by atoms with van der Waals surface area (Å²) in [6, 6.07) is 5.63. The van der Waals surface area contributed by atoms with Crippen LogP contribution in [0.4, 0.5) is 4.79 Å². The first-order valence-electron chi connectivity index (χ1n) is 20.1. The van der Waals surface area contributed by atoms with E-state index >= 15 is 0 Å². The normalized spacial score (nSPS) is 25.8. The summed E-state index contributed by atoms with van der Waals surface area (Å²) in [6.07, 6.45) is -15.0. The number of para-hydroxylation sites is 1. The molecule has 2 fully saturated rings. The van der Waals surface area contributed by atoms with Crippen molar-refractivity contribution >= 4 is 47.9 Å². The minimum absolute atomic E-state index is 0.0537. The second-order valence-corrected chi connectivity index (χ2v) is 15.2. The molecule has 0 aliphatic carbocycles. The molecule has 3 rings (SSSR count). The van der Waals surface area contributed by atoms with Gasteiger partial charge in [0.05, 0.1) is 19.1 Å². The Morgan fingerprint density at radius 1 is 0.532 bits per heavy atom. The van der Waals surface area contributed by atoms with Crippen LogP contribution in [0.15, 0.2) is 18.2 Å². The van der Waals surface area contributed by atoms with Crippen molar-refractivity contribution in [1.82, 2.24) is 0 Å². The lowest BCUT2D eigenvalue weighted by Gasteiger charge is -2.52. The third kappa shape index (κ3) is 14.9. The molecule has 2 aliphatic heterocycles. The average Bonchev–Trinajstić information content (AvgIpc) is 3.15. The molecular formula is C42H58O20. The maximum absolute atomic E-state index is 12.9. The van der Waals surface area contributed by atoms with E-state index in [1.165, 1.54) is 0 Å². The van der Waals surface area contributed by atoms with Crippen LogP contribution in [0.25, 0.3) is 0 Å². The van der Waals surface area contributed by atoms with E-state index in [4.69, 9.17) is 56.8 Å². The molecule has 0 bridgehead atoms. The molecule has 10 atom stereocenters. The predicted octanol–water partition coefficient (Wildman–Crippen LogP) is 3.75. The Morgan fingerprint density at radius 3 is 1.50 bits per heavy atom. The predicted molar refractivity (Wildman–Crippen MR) is 209 cm³/mol. The van der Waals surface area contributed by atoms with E-state index in [2.05, 4.69) is 0 Å². The molecule has 0 saturated carbocycles. The highest BCUT2D eigenvalue weighted by molar-refractivity contribution is 5.70. The minimum Gasteiger partial charge on any atom is -0.463 e. The molecule has 0 spiro atoms. The van der Waals surface area contributed by atoms with Crippen LogP contribution in [-0.4, -0.2) is 129 Å². The Hall–Kier alpha value is -5.34. The zero-order chi connectivity index (χ0) is 46.4. The van der Waals surface area contributed by atoms with Crippen LogP contribution in [0, 0.1) is 5.92 Å². The van der Waals surface area contributed by atoms with Gasteiger partial charge in [-0.25, -0.2) is 4.79 Å². The fourth-order valence-corrected chi connectivity index (χ4v) is 7.16. The maximum Gasteiger partial charge on any atom is 0.513 e. The van der Waals surface area contributed by atoms with Gasteiger partial charge >= 0.3 is 47.9 Å². The van der Waals surface area contributed by atoms with Crippen molar-refractivity contribution in [2.24, 2.45) is 5.92 Å². The van der Waals surface area contributed by atoms with Crippen LogP contribution in [0.1, 0.15) is 106 Å². The fourth-order valence-electron chi connectivity index (χ4n) is 7.16. The first kappa shape index (κ1) is 51.0. The summed E-state index contributed by atoms with van der Waals surface area (Å²) in [5.41, 5.74) is 1.66. The topological polar surface area (TPSA) is 247 Å². The summed E-state index contributed by atoms with van der Waals surface area (Å²) in [7, 11) is 0. The largest absolute Gasteiger partial charge is 0.513 e. The number of rotatable bonds is 18. The van der Waals surface area contributed by atoms with E-state index < -0.39 is 122 Å². The van der Waals surface area contributed by atoms with E-state index in [9.17, 15) is 38.4 Å². The Morgan fingerprint density at radius 2 is 1.00 bits per heavy atom. The van der Waals surface area contributed by atoms with Crippen molar-refractivity contribution in [3.63, 3.8) is 0 Å². The SMILES string of the molecule is CC(=O)OCC1OC(C2C(COC(C)=O)OC(OCCCOC(=O)Oc3c(C(C)C)cccc3C(C)C)C(OC(C)=O)C2OC(C)=O)C(OC(C)=O)C(OC(C)=O)C1OC(C)=O. The third-order valence-electron chi connectivity index (χ3n) is 9.47. The van der Waals surface area contributed by atoms with Gasteiger partial charge in [0.2, 0.25) is 0 Å². The number of ether oxygens (including phenoxy) is 12. The third-order valence-corrected chi connectivity index (χ3v) is 9.47. The van der Waals surface area contributed by atoms with E-state index in [1.54, 1.807) is 0 Å². The summed E-state index contributed by atoms with van der Waals surface area (Å²) < 4.78 is 68.5. The van der Waals surface area contributed by atoms with Gasteiger partial charge in [0.15, 0.2) is 36.8 Å². The molecule has 2 heterocycles. The molecule has 0 aromatic heterocycles. The van der Waals surface area contributed by atoms with Crippen LogP contribution < -0.4 is 4.74 Å². The van der Waals surface area contributed by atoms with Gasteiger partial charge in [-0.1, -0.05) is 45.9 Å². The van der Waals surface area contributed by atoms with Gasteiger partial charge in [-0.3, -0.25) is 33.6 Å². The number of carbonyl (C=O) groups excluding carboxylic acids is 8. The Bertz CT molecular complexity index is 1730. The molecular weight excluding hydrogens is 824 g/mol. The van der Waals surface area contributed by atoms with Crippen LogP contribution >= 0.6 is 0 Å². The van der Waals surface area contributed by atoms with Gasteiger partial charge in [0.25, 0.3) is 0 Å². The quantitative estimate of drug-likeness (QED) is 0.0881. The molecule has 20 heteroatoms. The van der Waals surface area contributed by atoms with Crippen molar-refractivity contribution < 1.29 is 95.2 Å². The molecule has 2 saturated heterocycles. The van der Waals surface area contributed by atoms with Gasteiger partial charge in [0, 0.05) is 54.9 Å². The monoisotopic (exact) mass is 882 g/mol. The lowest BCUT2D eigenvalue weighted by atomic mass is 9.78. The fraction of sp³-hybridized carbons (Fsp3) is 0.667. The van der Waals surface area contributed by atoms with Crippen LogP contribution in [0.5, 0.6) is 5.75 Å². The molecule has 62 heavy (non-hydrogen) atoms. The Balaban J connectivity index is 2.02. The van der Waals surface area contributed by atoms with E-state index in [-0.39, 0.29) is 31.5 Å². The lowest BCUT2D eigenvalue weighted by Crippen LogP contribution is -2.70. The first-order valence-corrected chi connectivity index (χ1v) is 20.1. The maximum atomic E-state index is 12.9. The first-order chi connectivity index (χ1) is 29.1. The van der Waals surface area contributed by atoms with E-state index in [1.807, 2.05) is 45.9 Å². The van der Waals surface area contributed by atoms with Crippen molar-refractivity contribution in [1.29, 1.82) is 0 Å². The second kappa shape index (κ2) is 23.8. The smallest absolute Gasteiger partial charge is 0.463 e. The van der Waals surface area contributed by atoms with Crippen LogP contribution in [0.3, 0.4) is 0 Å². The molecule has 20 nitrogen and oxygen atoms in total. The van der Waals surface area contributed by atoms with Gasteiger partial charge in [-0.15, -0.1) is 0 Å². The molecule has 0 amide bonds. The zero-order valence-electron chi connectivity index (χ0n) is 36.9. The molecule has 2 aliphatic rings. The number of hydrogen-bond donors (Lipinski definition) is 0. The number of carbonyl (C=O) groups is 8. The molecule has 1 aromatic carbocycles. The van der Waals surface area contributed by atoms with Crippen LogP contribution in [0.2, 0.25) is 0 Å². The van der Waals surface area contributed by atoms with E-state index in [0.29, 0.717) is 5.75 Å². The van der Waals surface area contributed by atoms with Gasteiger partial charge in [-0.05, 0) is 23.0 Å². The molecule has 346 valence electrons. The summed E-state index contributed by atoms with van der Waals surface area (Å²) in [6.45, 7) is 13.8. The van der Waals surface area contributed by atoms with Crippen molar-refractivity contribution in [2.75, 3.05) is 26.4 Å². The highest BCUT2D eigenvalue weighted by Gasteiger charge is 2.61. The molecule has 0 radical (unpaired) electrons. The summed E-state index contributed by atoms with van der Waals surface area (Å²) >= 11 is 0. The van der Waals surface area contributed by atoms with Crippen molar-refractivity contribution in [3.05, 3.63) is 29.3 Å². The number of hydrogen-bond acceptors (Lipinski definition) is 20. The minimum atomic E-state index is -1.68. The summed E-state index contributed by atoms with van der Waals surface area (Å²) in [4.78, 5) is 100. The summed E-state index contributed by atoms with van der Waals surface area (Å²) in [5, 5.41) is 0. The van der Waals surface area contributed by atoms with Crippen molar-refractivity contribution in [2.45, 2.75) is 150 Å². The van der Waals surface area contributed by atoms with Gasteiger partial charge < -0.3 is 56.8 Å². The average molecular weight is 883 g/mol. The van der Waals surface area contributed by atoms with E-state index in [0.717, 1.165) is 59.6 Å². The van der Waals surface area contributed by atoms with Crippen molar-refractivity contribution in [3.8, 4) is 5.75 Å². The number of esters is 7. The van der Waals surface area contributed by atoms with Crippen LogP contribution in [-0.2, 0) is 85.7 Å². The zero-order valence-corrected chi connectivity index (χ0v) is 36.9. The second-order valence-electron chi connectivity index (χ2n) is 15.2. The van der Waals surface area contributed by atoms with Gasteiger partial charge in [-0.2, -0.15) is 0 Å². The Kier molecular flexibility index (Phi) is 19.5. The standard InChI is InChI=1S/C42H58O20/c1-20(2)29-14-12-15-30(21(3)4)34(29)62-42(50)52-17-13-16-51-41-40(59-28(11)49)37(56-25(8)46)33(31(61-41)18-53-22(5)43)36-39(58-27(10)48)38(57-26(9)47)35(55-24(7)45)32(60-36)19-54-23(6)44/h12,14-15,20-21,31-33,35-41H,13,16-19H2,1-11H3. The van der Waals surface area contributed by atoms with Gasteiger partial charge in [0.1, 0.15) is 37.3 Å². The highest BCUT2D eigenvalue weighted by Crippen LogP contribution is 2.42. The molecule has 10 unspecified atom stereocenters.